The third kappa shape index (κ3) is 89.1. The molecule has 0 N–H and O–H groups in total. The van der Waals surface area contributed by atoms with Crippen molar-refractivity contribution in [3.63, 3.8) is 0 Å². The maximum absolute atomic E-state index is 8.52. The van der Waals surface area contributed by atoms with Crippen molar-refractivity contribution < 1.29 is 48.6 Å². The number of hydrogen-bond acceptors (Lipinski definition) is 4. The quantitative estimate of drug-likeness (QED) is 0.406. The number of rotatable bonds is 0. The normalized spacial score (nSPS) is 9.67. The van der Waals surface area contributed by atoms with Gasteiger partial charge in [-0.05, 0) is 0 Å². The molecule has 0 unspecified atom stereocenters. The Morgan fingerprint density at radius 1 is 1.17 bits per heavy atom. The zero-order valence-electron chi connectivity index (χ0n) is 2.54. The van der Waals surface area contributed by atoms with E-state index in [0.29, 0.717) is 0 Å². The van der Waals surface area contributed by atoms with Crippen LogP contribution in [0.25, 0.3) is 0 Å². The van der Waals surface area contributed by atoms with Crippen molar-refractivity contribution in [2.24, 2.45) is 0 Å². The van der Waals surface area contributed by atoms with Crippen LogP contribution in [0, 0.1) is 31.1 Å². The second kappa shape index (κ2) is 2.99. The standard InChI is InChI=1S/H2O4S.U/c1-5(2,3)4;/h(H2,1,2,3,4);/q;+2/p-2. The van der Waals surface area contributed by atoms with Gasteiger partial charge in [0.1, 0.15) is 0 Å². The summed E-state index contributed by atoms with van der Waals surface area (Å²) in [6, 6.07) is 0. The van der Waals surface area contributed by atoms with Crippen LogP contribution in [0.1, 0.15) is 0 Å². The Kier molecular flexibility index (Phi) is 5.00. The summed E-state index contributed by atoms with van der Waals surface area (Å²) in [5, 5.41) is 0. The average Bonchev–Trinajstić information content (AvgIpc) is 0.722. The van der Waals surface area contributed by atoms with Gasteiger partial charge in [-0.3, -0.25) is 8.42 Å². The van der Waals surface area contributed by atoms with Gasteiger partial charge in [-0.1, -0.05) is 0 Å². The molecule has 6 heavy (non-hydrogen) atoms. The van der Waals surface area contributed by atoms with Gasteiger partial charge in [-0.25, -0.2) is 0 Å². The summed E-state index contributed by atoms with van der Waals surface area (Å²) in [4.78, 5) is 0. The van der Waals surface area contributed by atoms with E-state index in [9.17, 15) is 0 Å². The summed E-state index contributed by atoms with van der Waals surface area (Å²) in [6.45, 7) is 0. The van der Waals surface area contributed by atoms with Gasteiger partial charge in [-0.15, -0.1) is 0 Å². The average molecular weight is 334 g/mol. The smallest absolute Gasteiger partial charge is 0.759 e. The first kappa shape index (κ1) is 10.0. The molecule has 34 valence electrons. The molecule has 0 fully saturated rings. The largest absolute Gasteiger partial charge is 2.00 e. The van der Waals surface area contributed by atoms with E-state index in [-0.39, 0.29) is 31.1 Å². The molecular weight excluding hydrogens is 334 g/mol. The van der Waals surface area contributed by atoms with Gasteiger partial charge >= 0.3 is 31.1 Å². The molecule has 0 saturated heterocycles. The fourth-order valence-corrected chi connectivity index (χ4v) is 0. The van der Waals surface area contributed by atoms with E-state index in [1.54, 1.807) is 0 Å². The Labute approximate surface area is 58.9 Å². The van der Waals surface area contributed by atoms with Crippen LogP contribution >= 0.6 is 0 Å². The zero-order valence-corrected chi connectivity index (χ0v) is 7.52. The molecule has 0 aliphatic carbocycles. The fraction of sp³-hybridized carbons (Fsp3) is 0. The Morgan fingerprint density at radius 2 is 1.17 bits per heavy atom. The van der Waals surface area contributed by atoms with Gasteiger partial charge in [-0.2, -0.15) is 0 Å². The SMILES string of the molecule is O=S(=O)([O-])[O-].[U+2]. The monoisotopic (exact) mass is 334 g/mol. The summed E-state index contributed by atoms with van der Waals surface area (Å²) in [7, 11) is -5.17. The molecule has 0 atom stereocenters. The van der Waals surface area contributed by atoms with Crippen LogP contribution in [-0.4, -0.2) is 17.5 Å². The van der Waals surface area contributed by atoms with Crippen molar-refractivity contribution in [1.82, 2.24) is 0 Å². The molecular formula is O4SU. The van der Waals surface area contributed by atoms with Crippen LogP contribution in [0.15, 0.2) is 0 Å². The van der Waals surface area contributed by atoms with Gasteiger partial charge in [0.05, 0.1) is 0 Å². The zero-order chi connectivity index (χ0) is 4.50. The van der Waals surface area contributed by atoms with Crippen molar-refractivity contribution in [1.29, 1.82) is 0 Å². The molecule has 0 bridgehead atoms. The molecule has 0 aliphatic rings. The molecule has 0 amide bonds. The predicted molar refractivity (Wildman–Crippen MR) is 10.5 cm³/mol. The van der Waals surface area contributed by atoms with E-state index in [4.69, 9.17) is 17.5 Å². The minimum atomic E-state index is -5.17. The molecule has 0 radical (unpaired) electrons. The molecule has 0 aliphatic heterocycles. The maximum Gasteiger partial charge on any atom is 2.00 e. The second-order valence-electron chi connectivity index (χ2n) is 0.408. The van der Waals surface area contributed by atoms with Crippen LogP contribution in [-0.2, 0) is 10.4 Å². The van der Waals surface area contributed by atoms with Crippen molar-refractivity contribution in [3.05, 3.63) is 0 Å². The van der Waals surface area contributed by atoms with Crippen LogP contribution in [0.5, 0.6) is 0 Å². The molecule has 4 nitrogen and oxygen atoms in total. The van der Waals surface area contributed by atoms with Gasteiger partial charge in [0.2, 0.25) is 0 Å². The first-order valence-electron chi connectivity index (χ1n) is 0.667. The van der Waals surface area contributed by atoms with Crippen molar-refractivity contribution in [3.8, 4) is 0 Å². The van der Waals surface area contributed by atoms with Crippen molar-refractivity contribution >= 4 is 10.4 Å². The van der Waals surface area contributed by atoms with E-state index < -0.39 is 10.4 Å². The topological polar surface area (TPSA) is 80.3 Å². The summed E-state index contributed by atoms with van der Waals surface area (Å²) in [5.74, 6) is 0. The van der Waals surface area contributed by atoms with Crippen LogP contribution < -0.4 is 0 Å². The Balaban J connectivity index is 0. The summed E-state index contributed by atoms with van der Waals surface area (Å²) in [5.41, 5.74) is 0. The van der Waals surface area contributed by atoms with Crippen LogP contribution in [0.3, 0.4) is 0 Å². The van der Waals surface area contributed by atoms with E-state index >= 15 is 0 Å². The Bertz CT molecular complexity index is 90.7. The summed E-state index contributed by atoms with van der Waals surface area (Å²) < 4.78 is 34.1. The minimum absolute atomic E-state index is 0. The van der Waals surface area contributed by atoms with E-state index in [2.05, 4.69) is 0 Å². The predicted octanol–water partition coefficient (Wildman–Crippen LogP) is -1.34. The van der Waals surface area contributed by atoms with Gasteiger partial charge < -0.3 is 9.11 Å². The third-order valence-corrected chi connectivity index (χ3v) is 0. The summed E-state index contributed by atoms with van der Waals surface area (Å²) >= 11 is 0. The molecule has 0 heterocycles. The van der Waals surface area contributed by atoms with Crippen molar-refractivity contribution in [2.45, 2.75) is 0 Å². The molecule has 0 aromatic heterocycles. The Hall–Kier alpha value is 0.922. The van der Waals surface area contributed by atoms with Gasteiger partial charge in [0, 0.05) is 10.4 Å². The first-order valence-corrected chi connectivity index (χ1v) is 2.00. The molecule has 0 saturated carbocycles. The molecule has 0 rings (SSSR count). The van der Waals surface area contributed by atoms with Gasteiger partial charge in [0.15, 0.2) is 0 Å². The maximum atomic E-state index is 8.52. The molecule has 6 heteroatoms. The third-order valence-electron chi connectivity index (χ3n) is 0. The van der Waals surface area contributed by atoms with E-state index in [1.807, 2.05) is 0 Å². The minimum Gasteiger partial charge on any atom is -0.759 e. The van der Waals surface area contributed by atoms with Gasteiger partial charge in [0.25, 0.3) is 0 Å². The fourth-order valence-electron chi connectivity index (χ4n) is 0. The van der Waals surface area contributed by atoms with E-state index in [0.717, 1.165) is 0 Å². The molecule has 0 aromatic carbocycles. The summed E-state index contributed by atoms with van der Waals surface area (Å²) in [6.07, 6.45) is 0. The molecule has 0 spiro atoms. The van der Waals surface area contributed by atoms with Crippen molar-refractivity contribution in [2.75, 3.05) is 0 Å². The number of hydrogen-bond donors (Lipinski definition) is 0. The van der Waals surface area contributed by atoms with E-state index in [1.165, 1.54) is 0 Å². The Morgan fingerprint density at radius 3 is 1.17 bits per heavy atom. The van der Waals surface area contributed by atoms with Crippen LogP contribution in [0.2, 0.25) is 0 Å². The second-order valence-corrected chi connectivity index (χ2v) is 1.22. The van der Waals surface area contributed by atoms with Crippen LogP contribution in [0.4, 0.5) is 0 Å². The molecule has 0 aromatic rings. The first-order chi connectivity index (χ1) is 2.00.